The van der Waals surface area contributed by atoms with Gasteiger partial charge in [0.2, 0.25) is 0 Å². The molecule has 2 aliphatic heterocycles. The van der Waals surface area contributed by atoms with Gasteiger partial charge in [-0.2, -0.15) is 0 Å². The van der Waals surface area contributed by atoms with Crippen molar-refractivity contribution in [2.45, 2.75) is 56.9 Å². The maximum atomic E-state index is 12.8. The van der Waals surface area contributed by atoms with Crippen molar-refractivity contribution in [3.8, 4) is 0 Å². The van der Waals surface area contributed by atoms with Gasteiger partial charge in [-0.15, -0.1) is 0 Å². The fraction of sp³-hybridized carbons (Fsp3) is 0.542. The van der Waals surface area contributed by atoms with Crippen molar-refractivity contribution in [3.05, 3.63) is 40.9 Å². The van der Waals surface area contributed by atoms with E-state index in [4.69, 9.17) is 16.0 Å². The highest BCUT2D eigenvalue weighted by molar-refractivity contribution is 6.34. The van der Waals surface area contributed by atoms with Crippen molar-refractivity contribution in [1.82, 2.24) is 15.5 Å². The second kappa shape index (κ2) is 8.40. The highest BCUT2D eigenvalue weighted by Crippen LogP contribution is 2.49. The Bertz CT molecular complexity index is 1000. The third kappa shape index (κ3) is 3.92. The lowest BCUT2D eigenvalue weighted by atomic mass is 9.74. The summed E-state index contributed by atoms with van der Waals surface area (Å²) < 4.78 is 6.19. The number of amides is 1. The Balaban J connectivity index is 1.40. The van der Waals surface area contributed by atoms with Crippen LogP contribution in [0.5, 0.6) is 0 Å². The second-order valence-corrected chi connectivity index (χ2v) is 9.57. The molecule has 1 spiro atoms. The predicted molar refractivity (Wildman–Crippen MR) is 125 cm³/mol. The van der Waals surface area contributed by atoms with Crippen molar-refractivity contribution >= 4 is 34.2 Å². The van der Waals surface area contributed by atoms with E-state index in [2.05, 4.69) is 27.4 Å². The van der Waals surface area contributed by atoms with Crippen LogP contribution in [0.25, 0.3) is 11.0 Å². The van der Waals surface area contributed by atoms with Crippen molar-refractivity contribution in [1.29, 1.82) is 0 Å². The number of hydrogen-bond donors (Lipinski definition) is 3. The summed E-state index contributed by atoms with van der Waals surface area (Å²) in [7, 11) is 0. The SMILES string of the molecule is C=C1Nc2c(Cl)cc3cc(C(=O)NCCCN4CCCC4)oc3c2C2(CCCCC2)N1. The molecule has 3 heterocycles. The van der Waals surface area contributed by atoms with Crippen molar-refractivity contribution in [2.75, 3.05) is 31.5 Å². The minimum atomic E-state index is -0.250. The maximum Gasteiger partial charge on any atom is 0.287 e. The van der Waals surface area contributed by atoms with E-state index in [0.717, 1.165) is 66.7 Å². The number of anilines is 1. The summed E-state index contributed by atoms with van der Waals surface area (Å²) in [5.41, 5.74) is 2.39. The van der Waals surface area contributed by atoms with Gasteiger partial charge in [-0.25, -0.2) is 0 Å². The van der Waals surface area contributed by atoms with Crippen LogP contribution in [0.2, 0.25) is 5.02 Å². The lowest BCUT2D eigenvalue weighted by molar-refractivity contribution is 0.0926. The molecule has 166 valence electrons. The van der Waals surface area contributed by atoms with E-state index in [1.807, 2.05) is 12.1 Å². The topological polar surface area (TPSA) is 69.5 Å². The molecule has 1 aromatic carbocycles. The molecule has 2 fully saturated rings. The fourth-order valence-corrected chi connectivity index (χ4v) is 5.76. The Morgan fingerprint density at radius 2 is 1.97 bits per heavy atom. The molecule has 5 rings (SSSR count). The zero-order valence-corrected chi connectivity index (χ0v) is 18.7. The molecule has 31 heavy (non-hydrogen) atoms. The molecule has 1 aliphatic carbocycles. The maximum absolute atomic E-state index is 12.8. The van der Waals surface area contributed by atoms with Gasteiger partial charge in [0, 0.05) is 17.5 Å². The van der Waals surface area contributed by atoms with E-state index in [1.54, 1.807) is 0 Å². The molecule has 2 aromatic rings. The summed E-state index contributed by atoms with van der Waals surface area (Å²) in [6, 6.07) is 3.70. The Kier molecular flexibility index (Phi) is 5.61. The third-order valence-electron chi connectivity index (χ3n) is 6.97. The van der Waals surface area contributed by atoms with Gasteiger partial charge in [0.15, 0.2) is 5.76 Å². The molecule has 1 saturated heterocycles. The number of furan rings is 1. The number of hydrogen-bond acceptors (Lipinski definition) is 5. The van der Waals surface area contributed by atoms with Gasteiger partial charge >= 0.3 is 0 Å². The summed E-state index contributed by atoms with van der Waals surface area (Å²) in [5.74, 6) is 0.940. The van der Waals surface area contributed by atoms with Gasteiger partial charge in [-0.1, -0.05) is 37.4 Å². The first-order chi connectivity index (χ1) is 15.1. The van der Waals surface area contributed by atoms with Crippen LogP contribution in [0.4, 0.5) is 5.69 Å². The monoisotopic (exact) mass is 442 g/mol. The van der Waals surface area contributed by atoms with E-state index >= 15 is 0 Å². The van der Waals surface area contributed by atoms with Crippen LogP contribution in [0.3, 0.4) is 0 Å². The van der Waals surface area contributed by atoms with E-state index in [0.29, 0.717) is 17.3 Å². The zero-order chi connectivity index (χ0) is 21.4. The number of halogens is 1. The molecule has 0 unspecified atom stereocenters. The number of nitrogens with zero attached hydrogens (tertiary/aromatic N) is 1. The van der Waals surface area contributed by atoms with E-state index in [9.17, 15) is 4.79 Å². The summed E-state index contributed by atoms with van der Waals surface area (Å²) in [6.45, 7) is 8.15. The Morgan fingerprint density at radius 3 is 2.74 bits per heavy atom. The molecular formula is C24H31ClN4O2. The smallest absolute Gasteiger partial charge is 0.287 e. The molecule has 0 radical (unpaired) electrons. The van der Waals surface area contributed by atoms with Crippen LogP contribution in [-0.2, 0) is 5.54 Å². The van der Waals surface area contributed by atoms with Crippen LogP contribution in [0.1, 0.15) is 67.5 Å². The second-order valence-electron chi connectivity index (χ2n) is 9.17. The number of carbonyl (C=O) groups excluding carboxylic acids is 1. The largest absolute Gasteiger partial charge is 0.450 e. The third-order valence-corrected chi connectivity index (χ3v) is 7.27. The molecule has 1 amide bonds. The van der Waals surface area contributed by atoms with Crippen LogP contribution < -0.4 is 16.0 Å². The number of benzene rings is 1. The van der Waals surface area contributed by atoms with Crippen LogP contribution in [0.15, 0.2) is 28.9 Å². The first-order valence-electron chi connectivity index (χ1n) is 11.6. The number of carbonyl (C=O) groups is 1. The number of rotatable bonds is 5. The molecule has 3 aliphatic rings. The Labute approximate surface area is 188 Å². The summed E-state index contributed by atoms with van der Waals surface area (Å²) in [4.78, 5) is 15.2. The minimum Gasteiger partial charge on any atom is -0.450 e. The summed E-state index contributed by atoms with van der Waals surface area (Å²) in [6.07, 6.45) is 9.02. The molecule has 6 nitrogen and oxygen atoms in total. The molecule has 0 bridgehead atoms. The van der Waals surface area contributed by atoms with Gasteiger partial charge in [0.05, 0.1) is 22.1 Å². The van der Waals surface area contributed by atoms with Gasteiger partial charge in [0.1, 0.15) is 5.58 Å². The van der Waals surface area contributed by atoms with Crippen molar-refractivity contribution in [2.24, 2.45) is 0 Å². The molecule has 3 N–H and O–H groups in total. The average Bonchev–Trinajstić information content (AvgIpc) is 3.41. The van der Waals surface area contributed by atoms with Crippen LogP contribution in [0, 0.1) is 0 Å². The van der Waals surface area contributed by atoms with Crippen molar-refractivity contribution < 1.29 is 9.21 Å². The highest BCUT2D eigenvalue weighted by Gasteiger charge is 2.42. The average molecular weight is 443 g/mol. The van der Waals surface area contributed by atoms with E-state index in [1.165, 1.54) is 32.4 Å². The normalized spacial score (nSPS) is 20.5. The molecule has 1 aromatic heterocycles. The lowest BCUT2D eigenvalue weighted by Crippen LogP contribution is -2.48. The molecule has 1 saturated carbocycles. The fourth-order valence-electron chi connectivity index (χ4n) is 5.50. The number of nitrogens with one attached hydrogen (secondary N) is 3. The van der Waals surface area contributed by atoms with Gasteiger partial charge < -0.3 is 25.3 Å². The first-order valence-corrected chi connectivity index (χ1v) is 11.9. The van der Waals surface area contributed by atoms with Crippen LogP contribution >= 0.6 is 11.6 Å². The lowest BCUT2D eigenvalue weighted by Gasteiger charge is -2.44. The van der Waals surface area contributed by atoms with Gasteiger partial charge in [0.25, 0.3) is 5.91 Å². The highest BCUT2D eigenvalue weighted by atomic mass is 35.5. The van der Waals surface area contributed by atoms with Crippen molar-refractivity contribution in [3.63, 3.8) is 0 Å². The molecule has 7 heteroatoms. The Hall–Kier alpha value is -2.18. The molecular weight excluding hydrogens is 412 g/mol. The van der Waals surface area contributed by atoms with E-state index < -0.39 is 0 Å². The van der Waals surface area contributed by atoms with Crippen LogP contribution in [-0.4, -0.2) is 37.0 Å². The Morgan fingerprint density at radius 1 is 1.19 bits per heavy atom. The zero-order valence-electron chi connectivity index (χ0n) is 18.0. The van der Waals surface area contributed by atoms with Gasteiger partial charge in [-0.3, -0.25) is 4.79 Å². The quantitative estimate of drug-likeness (QED) is 0.572. The van der Waals surface area contributed by atoms with Gasteiger partial charge in [-0.05, 0) is 63.9 Å². The number of fused-ring (bicyclic) bond motifs is 4. The predicted octanol–water partition coefficient (Wildman–Crippen LogP) is 4.95. The summed E-state index contributed by atoms with van der Waals surface area (Å²) >= 11 is 6.66. The standard InChI is InChI=1S/C24H31ClN4O2/c1-16-27-21-18(25)14-17-15-19(23(30)26-10-7-13-29-11-5-6-12-29)31-22(17)20(21)24(28-16)8-3-2-4-9-24/h14-15,27-28H,1-13H2,(H,26,30). The molecule has 0 atom stereocenters. The minimum absolute atomic E-state index is 0.165. The summed E-state index contributed by atoms with van der Waals surface area (Å²) in [5, 5.41) is 11.4. The first kappa shape index (κ1) is 20.7. The van der Waals surface area contributed by atoms with E-state index in [-0.39, 0.29) is 11.4 Å². The number of likely N-dealkylation sites (tertiary alicyclic amines) is 1.